The number of hydrogen-bond donors (Lipinski definition) is 1. The van der Waals surface area contributed by atoms with Gasteiger partial charge in [0.05, 0.1) is 16.1 Å². The summed E-state index contributed by atoms with van der Waals surface area (Å²) in [6.07, 6.45) is 3.04. The van der Waals surface area contributed by atoms with Gasteiger partial charge in [-0.05, 0) is 49.7 Å². The largest absolute Gasteiger partial charge is 0.455 e. The fraction of sp³-hybridized carbons (Fsp3) is 0.100. The number of ketones is 1. The molecule has 0 amide bonds. The summed E-state index contributed by atoms with van der Waals surface area (Å²) >= 11 is 5.90. The van der Waals surface area contributed by atoms with E-state index in [1.165, 1.54) is 43.6 Å². The van der Waals surface area contributed by atoms with Crippen molar-refractivity contribution >= 4 is 33.1 Å². The van der Waals surface area contributed by atoms with Crippen molar-refractivity contribution < 1.29 is 17.9 Å². The zero-order chi connectivity index (χ0) is 20.3. The lowest BCUT2D eigenvalue weighted by molar-refractivity contribution is 0.101. The van der Waals surface area contributed by atoms with Gasteiger partial charge < -0.3 is 4.74 Å². The quantitative estimate of drug-likeness (QED) is 0.581. The number of halogens is 1. The molecular formula is C20H17ClN2O4S. The average Bonchev–Trinajstić information content (AvgIpc) is 2.64. The summed E-state index contributed by atoms with van der Waals surface area (Å²) in [5.74, 6) is 0.908. The van der Waals surface area contributed by atoms with Gasteiger partial charge in [-0.25, -0.2) is 8.42 Å². The number of nitrogens with zero attached hydrogens (tertiary/aromatic N) is 1. The van der Waals surface area contributed by atoms with Gasteiger partial charge in [0.25, 0.3) is 10.0 Å². The highest BCUT2D eigenvalue weighted by Gasteiger charge is 2.15. The normalized spacial score (nSPS) is 11.1. The first-order chi connectivity index (χ1) is 13.2. The smallest absolute Gasteiger partial charge is 0.261 e. The van der Waals surface area contributed by atoms with Gasteiger partial charge >= 0.3 is 0 Å². The van der Waals surface area contributed by atoms with E-state index in [2.05, 4.69) is 9.71 Å². The molecule has 3 aromatic rings. The first-order valence-corrected chi connectivity index (χ1v) is 10.1. The number of benzene rings is 2. The van der Waals surface area contributed by atoms with Crippen molar-refractivity contribution in [1.29, 1.82) is 0 Å². The zero-order valence-corrected chi connectivity index (χ0v) is 16.7. The van der Waals surface area contributed by atoms with Crippen molar-refractivity contribution in [2.75, 3.05) is 4.72 Å². The topological polar surface area (TPSA) is 85.4 Å². The van der Waals surface area contributed by atoms with Crippen LogP contribution < -0.4 is 9.46 Å². The summed E-state index contributed by atoms with van der Waals surface area (Å²) in [5.41, 5.74) is 1.57. The highest BCUT2D eigenvalue weighted by molar-refractivity contribution is 7.92. The molecule has 0 fully saturated rings. The molecule has 1 heterocycles. The maximum Gasteiger partial charge on any atom is 0.261 e. The third-order valence-corrected chi connectivity index (χ3v) is 5.51. The molecule has 0 bridgehead atoms. The molecule has 0 radical (unpaired) electrons. The fourth-order valence-corrected chi connectivity index (χ4v) is 3.70. The number of aromatic nitrogens is 1. The molecule has 3 rings (SSSR count). The van der Waals surface area contributed by atoms with Crippen molar-refractivity contribution in [3.63, 3.8) is 0 Å². The molecule has 1 aromatic heterocycles. The number of aryl methyl sites for hydroxylation is 1. The molecule has 8 heteroatoms. The second kappa shape index (κ2) is 8.00. The molecule has 0 atom stereocenters. The summed E-state index contributed by atoms with van der Waals surface area (Å²) < 4.78 is 33.4. The molecule has 0 spiro atoms. The number of rotatable bonds is 6. The van der Waals surface area contributed by atoms with Crippen LogP contribution in [0.15, 0.2) is 65.8 Å². The molecule has 144 valence electrons. The Balaban J connectivity index is 1.78. The second-order valence-electron chi connectivity index (χ2n) is 6.11. The number of Topliss-reactive ketones (excluding diaryl/α,β-unsaturated/α-hetero) is 1. The molecule has 28 heavy (non-hydrogen) atoms. The van der Waals surface area contributed by atoms with Crippen LogP contribution in [0.2, 0.25) is 5.02 Å². The van der Waals surface area contributed by atoms with Gasteiger partial charge in [0.2, 0.25) is 0 Å². The number of sulfonamides is 1. The van der Waals surface area contributed by atoms with E-state index in [0.29, 0.717) is 27.8 Å². The van der Waals surface area contributed by atoms with Gasteiger partial charge in [0.15, 0.2) is 5.78 Å². The van der Waals surface area contributed by atoms with Gasteiger partial charge in [-0.3, -0.25) is 14.5 Å². The minimum Gasteiger partial charge on any atom is -0.455 e. The van der Waals surface area contributed by atoms with Crippen molar-refractivity contribution in [2.45, 2.75) is 18.7 Å². The monoisotopic (exact) mass is 416 g/mol. The van der Waals surface area contributed by atoms with Crippen LogP contribution in [-0.2, 0) is 10.0 Å². The van der Waals surface area contributed by atoms with E-state index in [-0.39, 0.29) is 10.7 Å². The van der Waals surface area contributed by atoms with E-state index in [0.717, 1.165) is 5.56 Å². The highest BCUT2D eigenvalue weighted by Crippen LogP contribution is 2.29. The Hall–Kier alpha value is -2.90. The summed E-state index contributed by atoms with van der Waals surface area (Å²) in [4.78, 5) is 15.4. The zero-order valence-electron chi connectivity index (χ0n) is 15.1. The van der Waals surface area contributed by atoms with Crippen molar-refractivity contribution in [3.8, 4) is 11.5 Å². The first kappa shape index (κ1) is 19.9. The summed E-state index contributed by atoms with van der Waals surface area (Å²) in [6, 6.07) is 12.3. The maximum atomic E-state index is 12.6. The minimum atomic E-state index is -3.78. The Morgan fingerprint density at radius 1 is 1.07 bits per heavy atom. The average molecular weight is 417 g/mol. The Morgan fingerprint density at radius 3 is 2.39 bits per heavy atom. The molecule has 1 N–H and O–H groups in total. The summed E-state index contributed by atoms with van der Waals surface area (Å²) in [6.45, 7) is 3.22. The molecule has 0 aliphatic carbocycles. The van der Waals surface area contributed by atoms with Crippen LogP contribution in [0.25, 0.3) is 0 Å². The lowest BCUT2D eigenvalue weighted by Crippen LogP contribution is -2.13. The SMILES string of the molecule is CC(=O)c1ccc(S(=O)(=O)Nc2ccc(Oc3cncc(Cl)c3)c(C)c2)cc1. The van der Waals surface area contributed by atoms with Crippen LogP contribution >= 0.6 is 11.6 Å². The van der Waals surface area contributed by atoms with Crippen LogP contribution in [0.5, 0.6) is 11.5 Å². The van der Waals surface area contributed by atoms with Crippen LogP contribution in [0, 0.1) is 6.92 Å². The molecule has 2 aromatic carbocycles. The third-order valence-electron chi connectivity index (χ3n) is 3.91. The van der Waals surface area contributed by atoms with E-state index < -0.39 is 10.0 Å². The molecule has 0 saturated carbocycles. The Labute approximate surface area is 168 Å². The number of carbonyl (C=O) groups excluding carboxylic acids is 1. The predicted molar refractivity (Wildman–Crippen MR) is 108 cm³/mol. The van der Waals surface area contributed by atoms with Gasteiger partial charge in [-0.2, -0.15) is 0 Å². The molecule has 0 aliphatic rings. The standard InChI is InChI=1S/C20H17ClN2O4S/c1-13-9-17(5-8-20(13)27-18-10-16(21)11-22-12-18)23-28(25,26)19-6-3-15(4-7-19)14(2)24/h3-12,23H,1-2H3. The van der Waals surface area contributed by atoms with Gasteiger partial charge in [0.1, 0.15) is 11.5 Å². The highest BCUT2D eigenvalue weighted by atomic mass is 35.5. The Morgan fingerprint density at radius 2 is 1.79 bits per heavy atom. The second-order valence-corrected chi connectivity index (χ2v) is 8.23. The number of nitrogens with one attached hydrogen (secondary N) is 1. The van der Waals surface area contributed by atoms with Crippen molar-refractivity contribution in [3.05, 3.63) is 77.1 Å². The summed E-state index contributed by atoms with van der Waals surface area (Å²) in [7, 11) is -3.78. The van der Waals surface area contributed by atoms with E-state index in [4.69, 9.17) is 16.3 Å². The van der Waals surface area contributed by atoms with Crippen molar-refractivity contribution in [1.82, 2.24) is 4.98 Å². The van der Waals surface area contributed by atoms with E-state index in [1.54, 1.807) is 31.2 Å². The summed E-state index contributed by atoms with van der Waals surface area (Å²) in [5, 5.41) is 0.454. The lowest BCUT2D eigenvalue weighted by Gasteiger charge is -2.12. The third kappa shape index (κ3) is 4.68. The maximum absolute atomic E-state index is 12.6. The molecule has 0 saturated heterocycles. The molecular weight excluding hydrogens is 400 g/mol. The van der Waals surface area contributed by atoms with Crippen LogP contribution in [0.4, 0.5) is 5.69 Å². The number of pyridine rings is 1. The van der Waals surface area contributed by atoms with Gasteiger partial charge in [0, 0.05) is 23.5 Å². The first-order valence-electron chi connectivity index (χ1n) is 8.27. The van der Waals surface area contributed by atoms with E-state index in [9.17, 15) is 13.2 Å². The van der Waals surface area contributed by atoms with E-state index in [1.807, 2.05) is 0 Å². The number of anilines is 1. The fourth-order valence-electron chi connectivity index (χ4n) is 2.49. The van der Waals surface area contributed by atoms with Crippen LogP contribution in [0.3, 0.4) is 0 Å². The molecule has 0 unspecified atom stereocenters. The van der Waals surface area contributed by atoms with Crippen LogP contribution in [0.1, 0.15) is 22.8 Å². The Bertz CT molecular complexity index is 1130. The minimum absolute atomic E-state index is 0.0699. The molecule has 6 nitrogen and oxygen atoms in total. The lowest BCUT2D eigenvalue weighted by atomic mass is 10.2. The molecule has 0 aliphatic heterocycles. The number of ether oxygens (including phenoxy) is 1. The van der Waals surface area contributed by atoms with Gasteiger partial charge in [-0.1, -0.05) is 23.7 Å². The van der Waals surface area contributed by atoms with Gasteiger partial charge in [-0.15, -0.1) is 0 Å². The number of carbonyl (C=O) groups is 1. The van der Waals surface area contributed by atoms with E-state index >= 15 is 0 Å². The van der Waals surface area contributed by atoms with Crippen LogP contribution in [-0.4, -0.2) is 19.2 Å². The van der Waals surface area contributed by atoms with Crippen molar-refractivity contribution in [2.24, 2.45) is 0 Å². The Kier molecular flexibility index (Phi) is 5.67. The predicted octanol–water partition coefficient (Wildman–Crippen LogP) is 4.84. The number of hydrogen-bond acceptors (Lipinski definition) is 5.